The Balaban J connectivity index is 2.86. The molecule has 0 saturated heterocycles. The Labute approximate surface area is 94.6 Å². The summed E-state index contributed by atoms with van der Waals surface area (Å²) in [7, 11) is -3.57. The second-order valence-corrected chi connectivity index (χ2v) is 5.27. The molecule has 1 rings (SSSR count). The van der Waals surface area contributed by atoms with Crippen LogP contribution in [-0.4, -0.2) is 26.6 Å². The van der Waals surface area contributed by atoms with Crippen LogP contribution < -0.4 is 11.1 Å². The molecule has 0 unspecified atom stereocenters. The van der Waals surface area contributed by atoms with E-state index in [9.17, 15) is 13.2 Å². The second kappa shape index (κ2) is 4.98. The quantitative estimate of drug-likeness (QED) is 0.737. The number of sulfone groups is 1. The van der Waals surface area contributed by atoms with Gasteiger partial charge in [0.2, 0.25) is 5.91 Å². The third-order valence-electron chi connectivity index (χ3n) is 1.93. The lowest BCUT2D eigenvalue weighted by Crippen LogP contribution is -2.29. The van der Waals surface area contributed by atoms with E-state index < -0.39 is 21.5 Å². The molecule has 88 valence electrons. The molecular formula is C10H14N2O3S. The van der Waals surface area contributed by atoms with E-state index in [1.165, 1.54) is 24.3 Å². The lowest BCUT2D eigenvalue weighted by atomic mass is 10.3. The Morgan fingerprint density at radius 1 is 1.31 bits per heavy atom. The van der Waals surface area contributed by atoms with Crippen LogP contribution in [0.15, 0.2) is 29.2 Å². The number of rotatable bonds is 4. The Morgan fingerprint density at radius 3 is 2.38 bits per heavy atom. The third-order valence-corrected chi connectivity index (χ3v) is 3.57. The first-order valence-corrected chi connectivity index (χ1v) is 6.46. The summed E-state index contributed by atoms with van der Waals surface area (Å²) in [6.07, 6.45) is 0. The topological polar surface area (TPSA) is 89.3 Å². The normalized spacial score (nSPS) is 11.1. The van der Waals surface area contributed by atoms with Crippen molar-refractivity contribution in [3.63, 3.8) is 0 Å². The lowest BCUT2D eigenvalue weighted by Gasteiger charge is -2.04. The van der Waals surface area contributed by atoms with Gasteiger partial charge in [-0.25, -0.2) is 8.42 Å². The average molecular weight is 242 g/mol. The summed E-state index contributed by atoms with van der Waals surface area (Å²) in [5.74, 6) is -1.04. The van der Waals surface area contributed by atoms with Crippen LogP contribution in [-0.2, 0) is 14.6 Å². The van der Waals surface area contributed by atoms with Crippen LogP contribution in [0.4, 0.5) is 5.69 Å². The predicted octanol–water partition coefficient (Wildman–Crippen LogP) is 0.179. The van der Waals surface area contributed by atoms with Crippen molar-refractivity contribution in [2.45, 2.75) is 11.8 Å². The lowest BCUT2D eigenvalue weighted by molar-refractivity contribution is -0.118. The Bertz CT molecular complexity index is 465. The molecule has 0 radical (unpaired) electrons. The molecule has 0 aliphatic rings. The molecule has 0 heterocycles. The molecule has 0 aliphatic heterocycles. The zero-order valence-corrected chi connectivity index (χ0v) is 9.75. The summed E-state index contributed by atoms with van der Waals surface area (Å²) >= 11 is 0. The van der Waals surface area contributed by atoms with Gasteiger partial charge in [0.15, 0.2) is 9.84 Å². The van der Waals surface area contributed by atoms with Crippen molar-refractivity contribution < 1.29 is 13.2 Å². The number of hydrogen-bond donors (Lipinski definition) is 2. The second-order valence-electron chi connectivity index (χ2n) is 3.28. The van der Waals surface area contributed by atoms with Crippen molar-refractivity contribution in [1.82, 2.24) is 5.32 Å². The van der Waals surface area contributed by atoms with Crippen molar-refractivity contribution in [2.24, 2.45) is 0 Å². The summed E-state index contributed by atoms with van der Waals surface area (Å²) in [6, 6.07) is 5.77. The highest BCUT2D eigenvalue weighted by Gasteiger charge is 2.18. The number of anilines is 1. The molecule has 0 spiro atoms. The van der Waals surface area contributed by atoms with Gasteiger partial charge in [0.1, 0.15) is 5.75 Å². The summed E-state index contributed by atoms with van der Waals surface area (Å²) in [4.78, 5) is 11.3. The molecule has 0 bridgehead atoms. The number of carbonyl (C=O) groups excluding carboxylic acids is 1. The van der Waals surface area contributed by atoms with E-state index in [1.54, 1.807) is 6.92 Å². The van der Waals surface area contributed by atoms with Gasteiger partial charge in [-0.05, 0) is 31.2 Å². The van der Waals surface area contributed by atoms with Crippen molar-refractivity contribution in [3.05, 3.63) is 24.3 Å². The van der Waals surface area contributed by atoms with Gasteiger partial charge in [-0.3, -0.25) is 4.79 Å². The van der Waals surface area contributed by atoms with Gasteiger partial charge in [-0.1, -0.05) is 0 Å². The van der Waals surface area contributed by atoms with Gasteiger partial charge in [0, 0.05) is 12.2 Å². The zero-order chi connectivity index (χ0) is 12.2. The van der Waals surface area contributed by atoms with E-state index in [0.717, 1.165) is 0 Å². The van der Waals surface area contributed by atoms with E-state index in [-0.39, 0.29) is 4.90 Å². The maximum atomic E-state index is 11.7. The van der Waals surface area contributed by atoms with Gasteiger partial charge in [0.05, 0.1) is 4.90 Å². The standard InChI is InChI=1S/C10H14N2O3S/c1-2-12-10(13)7-16(14,15)9-5-3-8(11)4-6-9/h3-6H,2,7,11H2,1H3,(H,12,13). The minimum atomic E-state index is -3.57. The van der Waals surface area contributed by atoms with Gasteiger partial charge >= 0.3 is 0 Å². The van der Waals surface area contributed by atoms with E-state index >= 15 is 0 Å². The third kappa shape index (κ3) is 3.23. The predicted molar refractivity (Wildman–Crippen MR) is 61.6 cm³/mol. The number of carbonyl (C=O) groups is 1. The van der Waals surface area contributed by atoms with E-state index in [0.29, 0.717) is 12.2 Å². The fraction of sp³-hybridized carbons (Fsp3) is 0.300. The molecule has 6 heteroatoms. The van der Waals surface area contributed by atoms with Crippen molar-refractivity contribution >= 4 is 21.4 Å². The molecular weight excluding hydrogens is 228 g/mol. The van der Waals surface area contributed by atoms with Gasteiger partial charge in [-0.15, -0.1) is 0 Å². The molecule has 0 atom stereocenters. The molecule has 0 aliphatic carbocycles. The van der Waals surface area contributed by atoms with Crippen LogP contribution in [0.5, 0.6) is 0 Å². The fourth-order valence-corrected chi connectivity index (χ4v) is 2.34. The highest BCUT2D eigenvalue weighted by molar-refractivity contribution is 7.92. The van der Waals surface area contributed by atoms with Crippen molar-refractivity contribution in [3.8, 4) is 0 Å². The number of nitrogens with one attached hydrogen (secondary N) is 1. The summed E-state index contributed by atoms with van der Waals surface area (Å²) in [5, 5.41) is 2.44. The maximum absolute atomic E-state index is 11.7. The molecule has 5 nitrogen and oxygen atoms in total. The average Bonchev–Trinajstić information content (AvgIpc) is 2.17. The Hall–Kier alpha value is -1.56. The first kappa shape index (κ1) is 12.5. The Kier molecular flexibility index (Phi) is 3.89. The summed E-state index contributed by atoms with van der Waals surface area (Å²) in [5.41, 5.74) is 5.93. The highest BCUT2D eigenvalue weighted by atomic mass is 32.2. The van der Waals surface area contributed by atoms with E-state index in [2.05, 4.69) is 5.32 Å². The smallest absolute Gasteiger partial charge is 0.235 e. The number of nitrogens with two attached hydrogens (primary N) is 1. The maximum Gasteiger partial charge on any atom is 0.235 e. The van der Waals surface area contributed by atoms with Crippen LogP contribution in [0.1, 0.15) is 6.92 Å². The first-order chi connectivity index (χ1) is 7.45. The highest BCUT2D eigenvalue weighted by Crippen LogP contribution is 2.13. The van der Waals surface area contributed by atoms with Crippen LogP contribution >= 0.6 is 0 Å². The number of benzene rings is 1. The number of hydrogen-bond acceptors (Lipinski definition) is 4. The zero-order valence-electron chi connectivity index (χ0n) is 8.93. The monoisotopic (exact) mass is 242 g/mol. The molecule has 1 aromatic rings. The van der Waals surface area contributed by atoms with Gasteiger partial charge in [-0.2, -0.15) is 0 Å². The number of nitrogen functional groups attached to an aromatic ring is 1. The fourth-order valence-electron chi connectivity index (χ4n) is 1.18. The van der Waals surface area contributed by atoms with E-state index in [1.807, 2.05) is 0 Å². The van der Waals surface area contributed by atoms with Crippen LogP contribution in [0, 0.1) is 0 Å². The van der Waals surface area contributed by atoms with Crippen LogP contribution in [0.3, 0.4) is 0 Å². The van der Waals surface area contributed by atoms with E-state index in [4.69, 9.17) is 5.73 Å². The summed E-state index contributed by atoms with van der Waals surface area (Å²) < 4.78 is 23.5. The van der Waals surface area contributed by atoms with Crippen LogP contribution in [0.2, 0.25) is 0 Å². The summed E-state index contributed by atoms with van der Waals surface area (Å²) in [6.45, 7) is 2.14. The van der Waals surface area contributed by atoms with Crippen molar-refractivity contribution in [1.29, 1.82) is 0 Å². The minimum absolute atomic E-state index is 0.105. The SMILES string of the molecule is CCNC(=O)CS(=O)(=O)c1ccc(N)cc1. The largest absolute Gasteiger partial charge is 0.399 e. The number of amides is 1. The molecule has 1 aromatic carbocycles. The molecule has 0 saturated carbocycles. The van der Waals surface area contributed by atoms with Crippen LogP contribution in [0.25, 0.3) is 0 Å². The molecule has 1 amide bonds. The minimum Gasteiger partial charge on any atom is -0.399 e. The van der Waals surface area contributed by atoms with Gasteiger partial charge < -0.3 is 11.1 Å². The molecule has 0 fully saturated rings. The first-order valence-electron chi connectivity index (χ1n) is 4.80. The molecule has 16 heavy (non-hydrogen) atoms. The Morgan fingerprint density at radius 2 is 1.88 bits per heavy atom. The molecule has 3 N–H and O–H groups in total. The molecule has 0 aromatic heterocycles. The van der Waals surface area contributed by atoms with Gasteiger partial charge in [0.25, 0.3) is 0 Å². The van der Waals surface area contributed by atoms with Crippen molar-refractivity contribution in [2.75, 3.05) is 18.0 Å².